The van der Waals surface area contributed by atoms with Crippen molar-refractivity contribution in [2.75, 3.05) is 0 Å². The highest BCUT2D eigenvalue weighted by atomic mass is 35.5. The number of nitrogens with zero attached hydrogens (tertiary/aromatic N) is 3. The molecule has 3 aromatic heterocycles. The van der Waals surface area contributed by atoms with E-state index in [9.17, 15) is 49.4 Å². The molecule has 0 aliphatic heterocycles. The van der Waals surface area contributed by atoms with Crippen LogP contribution in [0.5, 0.6) is 0 Å². The maximum Gasteiger partial charge on any atom is 0.417 e. The number of carbonyl (C=O) groups excluding carboxylic acids is 1. The molecule has 1 N–H and O–H groups in total. The Morgan fingerprint density at radius 3 is 1.16 bits per heavy atom. The summed E-state index contributed by atoms with van der Waals surface area (Å²) in [4.78, 5) is 24.7. The van der Waals surface area contributed by atoms with Crippen LogP contribution in [0.25, 0.3) is 66.5 Å². The van der Waals surface area contributed by atoms with Crippen LogP contribution in [0.3, 0.4) is 0 Å². The van der Waals surface area contributed by atoms with E-state index in [0.29, 0.717) is 34.0 Å². The quantitative estimate of drug-likeness (QED) is 0.102. The first-order valence-corrected chi connectivity index (χ1v) is 21.6. The fourth-order valence-corrected chi connectivity index (χ4v) is 8.15. The summed E-state index contributed by atoms with van der Waals surface area (Å²) in [5, 5.41) is 12.0. The molecular weight excluding hydrogens is 929 g/mol. The van der Waals surface area contributed by atoms with E-state index in [-0.39, 0.29) is 51.8 Å². The number of aldehydes is 1. The Labute approximate surface area is 394 Å². The summed E-state index contributed by atoms with van der Waals surface area (Å²) >= 11 is 5.97. The number of pyridine rings is 3. The van der Waals surface area contributed by atoms with Gasteiger partial charge in [-0.25, -0.2) is 15.0 Å². The Bertz CT molecular complexity index is 3200. The highest BCUT2D eigenvalue weighted by molar-refractivity contribution is 6.17. The average molecular weight is 968 g/mol. The monoisotopic (exact) mass is 967 g/mol. The molecule has 0 aliphatic carbocycles. The molecule has 9 rings (SSSR count). The minimum atomic E-state index is -4.51. The van der Waals surface area contributed by atoms with Crippen molar-refractivity contribution in [3.63, 3.8) is 0 Å². The van der Waals surface area contributed by atoms with Gasteiger partial charge in [0.2, 0.25) is 0 Å². The fraction of sp³-hybridized carbons (Fsp3) is 0.148. The van der Waals surface area contributed by atoms with Gasteiger partial charge in [-0.2, -0.15) is 39.5 Å². The topological polar surface area (TPSA) is 76.0 Å². The maximum absolute atomic E-state index is 13.3. The minimum absolute atomic E-state index is 0.0193. The average Bonchev–Trinajstić information content (AvgIpc) is 3.33. The highest BCUT2D eigenvalue weighted by Gasteiger charge is 2.36. The molecule has 0 saturated carbocycles. The van der Waals surface area contributed by atoms with Gasteiger partial charge in [0.1, 0.15) is 0 Å². The number of aromatic nitrogens is 3. The van der Waals surface area contributed by atoms with Crippen LogP contribution in [0.1, 0.15) is 54.9 Å². The summed E-state index contributed by atoms with van der Waals surface area (Å²) < 4.78 is 119. The van der Waals surface area contributed by atoms with E-state index in [0.717, 1.165) is 51.0 Å². The number of alkyl halides is 10. The third-order valence-electron chi connectivity index (χ3n) is 11.2. The van der Waals surface area contributed by atoms with Crippen LogP contribution in [0, 0.1) is 20.8 Å². The number of aryl methyl sites for hydroxylation is 3. The third kappa shape index (κ3) is 10.8. The molecule has 15 heteroatoms. The third-order valence-corrected chi connectivity index (χ3v) is 11.5. The lowest BCUT2D eigenvalue weighted by molar-refractivity contribution is -0.137. The molecule has 3 heterocycles. The van der Waals surface area contributed by atoms with Gasteiger partial charge in [0, 0.05) is 49.9 Å². The van der Waals surface area contributed by atoms with Crippen LogP contribution in [0.15, 0.2) is 146 Å². The summed E-state index contributed by atoms with van der Waals surface area (Å²) in [6.07, 6.45) is -12.9. The number of para-hydroxylation sites is 3. The van der Waals surface area contributed by atoms with Crippen LogP contribution in [-0.4, -0.2) is 26.3 Å². The first kappa shape index (κ1) is 49.7. The van der Waals surface area contributed by atoms with Crippen molar-refractivity contribution in [1.82, 2.24) is 15.0 Å². The number of aliphatic hydroxyl groups is 1. The van der Waals surface area contributed by atoms with Crippen molar-refractivity contribution in [2.45, 2.75) is 51.8 Å². The number of carbonyl (C=O) groups is 1. The van der Waals surface area contributed by atoms with Gasteiger partial charge in [0.25, 0.3) is 0 Å². The van der Waals surface area contributed by atoms with E-state index in [1.807, 2.05) is 75.4 Å². The van der Waals surface area contributed by atoms with Crippen LogP contribution < -0.4 is 0 Å². The van der Waals surface area contributed by atoms with Crippen molar-refractivity contribution in [3.8, 4) is 33.8 Å². The van der Waals surface area contributed by atoms with E-state index in [2.05, 4.69) is 15.0 Å². The summed E-state index contributed by atoms with van der Waals surface area (Å²) in [5.74, 6) is 0.0956. The molecule has 352 valence electrons. The zero-order valence-corrected chi connectivity index (χ0v) is 37.6. The second-order valence-electron chi connectivity index (χ2n) is 15.9. The number of fused-ring (bicyclic) bond motifs is 3. The first-order chi connectivity index (χ1) is 32.7. The Kier molecular flexibility index (Phi) is 14.6. The Morgan fingerprint density at radius 1 is 0.464 bits per heavy atom. The van der Waals surface area contributed by atoms with Crippen LogP contribution in [0.2, 0.25) is 0 Å². The van der Waals surface area contributed by atoms with E-state index in [4.69, 9.17) is 11.6 Å². The van der Waals surface area contributed by atoms with Crippen molar-refractivity contribution in [2.24, 2.45) is 0 Å². The predicted molar refractivity (Wildman–Crippen MR) is 252 cm³/mol. The van der Waals surface area contributed by atoms with Crippen molar-refractivity contribution in [1.29, 1.82) is 0 Å². The van der Waals surface area contributed by atoms with Crippen molar-refractivity contribution >= 4 is 50.6 Å². The molecule has 0 radical (unpaired) electrons. The largest absolute Gasteiger partial charge is 0.417 e. The zero-order chi connectivity index (χ0) is 49.8. The molecule has 0 spiro atoms. The highest BCUT2D eigenvalue weighted by Crippen LogP contribution is 2.41. The Balaban J connectivity index is 0.000000153. The van der Waals surface area contributed by atoms with Crippen LogP contribution in [0.4, 0.5) is 39.5 Å². The van der Waals surface area contributed by atoms with E-state index >= 15 is 0 Å². The first-order valence-electron chi connectivity index (χ1n) is 21.1. The summed E-state index contributed by atoms with van der Waals surface area (Å²) in [7, 11) is 0. The Hall–Kier alpha value is -7.16. The molecule has 69 heavy (non-hydrogen) atoms. The minimum Gasteiger partial charge on any atom is -0.392 e. The second kappa shape index (κ2) is 20.2. The normalized spacial score (nSPS) is 11.8. The van der Waals surface area contributed by atoms with Gasteiger partial charge < -0.3 is 5.11 Å². The van der Waals surface area contributed by atoms with Gasteiger partial charge in [-0.1, -0.05) is 109 Å². The molecule has 6 aromatic carbocycles. The SMILES string of the molecule is Cc1cccc2cc(C=O)c(-c3ccccc3C(F)(F)F)nc12.Cc1cccc2cc(CCl)c(-c3ccccc3C(F)(F)F)nc12.Cc1cccc2cc(CO)c(-c3ccccc3C(F)(F)F)nc12. The van der Waals surface area contributed by atoms with Crippen LogP contribution in [-0.2, 0) is 31.0 Å². The molecule has 0 amide bonds. The molecular formula is C54H39ClF9N3O2. The van der Waals surface area contributed by atoms with Gasteiger partial charge in [-0.3, -0.25) is 4.79 Å². The molecule has 0 saturated heterocycles. The van der Waals surface area contributed by atoms with Crippen molar-refractivity contribution in [3.05, 3.63) is 196 Å². The number of hydrogen-bond acceptors (Lipinski definition) is 5. The molecule has 0 bridgehead atoms. The lowest BCUT2D eigenvalue weighted by atomic mass is 9.98. The molecule has 0 aliphatic rings. The van der Waals surface area contributed by atoms with Gasteiger partial charge in [-0.05, 0) is 79.4 Å². The molecule has 0 unspecified atom stereocenters. The number of aliphatic hydroxyl groups excluding tert-OH is 1. The molecule has 9 aromatic rings. The number of rotatable bonds is 6. The standard InChI is InChI=1S/C18H13ClF3N.C18H14F3NO.C18H12F3NO/c1-11-5-4-6-12-9-13(10-19)17(23-16(11)12)14-7-2-3-8-15(14)18(20,21)22;2*1-11-5-4-6-12-9-13(10-23)17(22-16(11)12)14-7-2-3-8-15(14)18(19,20)21/h2-9H,10H2,1H3;2-9,23H,10H2,1H3;2-10H,1H3. The second-order valence-corrected chi connectivity index (χ2v) is 16.2. The molecule has 0 atom stereocenters. The van der Waals surface area contributed by atoms with E-state index in [1.165, 1.54) is 48.5 Å². The summed E-state index contributed by atoms with van der Waals surface area (Å²) in [6, 6.07) is 37.6. The molecule has 0 fully saturated rings. The lowest BCUT2D eigenvalue weighted by Crippen LogP contribution is -2.08. The van der Waals surface area contributed by atoms with Gasteiger partial charge in [0.05, 0.1) is 56.9 Å². The number of hydrogen-bond donors (Lipinski definition) is 1. The fourth-order valence-electron chi connectivity index (χ4n) is 7.95. The maximum atomic E-state index is 13.3. The van der Waals surface area contributed by atoms with Crippen LogP contribution >= 0.6 is 11.6 Å². The lowest BCUT2D eigenvalue weighted by Gasteiger charge is -2.15. The number of benzene rings is 6. The van der Waals surface area contributed by atoms with Gasteiger partial charge >= 0.3 is 18.5 Å². The molecule has 5 nitrogen and oxygen atoms in total. The Morgan fingerprint density at radius 2 is 0.797 bits per heavy atom. The van der Waals surface area contributed by atoms with Gasteiger partial charge in [0.15, 0.2) is 6.29 Å². The van der Waals surface area contributed by atoms with Crippen molar-refractivity contribution < 1.29 is 49.4 Å². The zero-order valence-electron chi connectivity index (χ0n) is 36.8. The predicted octanol–water partition coefficient (Wildman–Crippen LogP) is 15.7. The summed E-state index contributed by atoms with van der Waals surface area (Å²) in [5.41, 5.74) is 3.83. The smallest absolute Gasteiger partial charge is 0.392 e. The summed E-state index contributed by atoms with van der Waals surface area (Å²) in [6.45, 7) is 5.19. The van der Waals surface area contributed by atoms with Gasteiger partial charge in [-0.15, -0.1) is 11.6 Å². The van der Waals surface area contributed by atoms with E-state index in [1.54, 1.807) is 24.3 Å². The van der Waals surface area contributed by atoms with E-state index < -0.39 is 35.2 Å². The number of halogens is 10.